The Morgan fingerprint density at radius 1 is 1.25 bits per heavy atom. The number of halogens is 6. The first-order chi connectivity index (χ1) is 16.6. The molecule has 2 aromatic heterocycles. The van der Waals surface area contributed by atoms with Gasteiger partial charge in [0.05, 0.1) is 18.8 Å². The molecule has 36 heavy (non-hydrogen) atoms. The smallest absolute Gasteiger partial charge is 0.423 e. The van der Waals surface area contributed by atoms with Crippen LogP contribution in [0.4, 0.5) is 32.3 Å². The van der Waals surface area contributed by atoms with Crippen molar-refractivity contribution in [3.63, 3.8) is 0 Å². The van der Waals surface area contributed by atoms with Crippen LogP contribution in [-0.4, -0.2) is 70.3 Å². The van der Waals surface area contributed by atoms with Gasteiger partial charge in [-0.15, -0.1) is 0 Å². The first-order valence-corrected chi connectivity index (χ1v) is 12.4. The van der Waals surface area contributed by atoms with E-state index in [1.165, 1.54) is 24.9 Å². The van der Waals surface area contributed by atoms with Crippen LogP contribution in [-0.2, 0) is 23.2 Å². The van der Waals surface area contributed by atoms with E-state index in [9.17, 15) is 34.8 Å². The number of aromatic nitrogens is 4. The van der Waals surface area contributed by atoms with Crippen LogP contribution in [0.2, 0.25) is 0 Å². The van der Waals surface area contributed by atoms with Crippen LogP contribution in [0.5, 0.6) is 5.88 Å². The van der Waals surface area contributed by atoms with E-state index in [0.717, 1.165) is 10.5 Å². The van der Waals surface area contributed by atoms with Gasteiger partial charge in [0, 0.05) is 50.8 Å². The average molecular weight is 543 g/mol. The predicted molar refractivity (Wildman–Crippen MR) is 114 cm³/mol. The molecule has 2 aromatic rings. The number of hydrogen-bond donors (Lipinski definition) is 1. The lowest BCUT2D eigenvalue weighted by Crippen LogP contribution is -2.50. The van der Waals surface area contributed by atoms with Crippen LogP contribution in [0.25, 0.3) is 0 Å². The third-order valence-electron chi connectivity index (χ3n) is 6.12. The van der Waals surface area contributed by atoms with Crippen molar-refractivity contribution in [2.75, 3.05) is 25.0 Å². The molecule has 1 aliphatic carbocycles. The van der Waals surface area contributed by atoms with Gasteiger partial charge in [-0.1, -0.05) is 6.92 Å². The Bertz CT molecular complexity index is 1210. The number of nitrogens with one attached hydrogen (secondary N) is 1. The Kier molecular flexibility index (Phi) is 6.64. The zero-order chi connectivity index (χ0) is 26.5. The van der Waals surface area contributed by atoms with Gasteiger partial charge in [0.15, 0.2) is 0 Å². The maximum atomic E-state index is 14.9. The third kappa shape index (κ3) is 5.53. The van der Waals surface area contributed by atoms with Gasteiger partial charge in [-0.2, -0.15) is 27.6 Å². The Balaban J connectivity index is 1.45. The quantitative estimate of drug-likeness (QED) is 0.536. The Morgan fingerprint density at radius 2 is 1.94 bits per heavy atom. The van der Waals surface area contributed by atoms with Crippen molar-refractivity contribution in [3.8, 4) is 5.88 Å². The number of alkyl halides is 6. The summed E-state index contributed by atoms with van der Waals surface area (Å²) in [5.41, 5.74) is -2.31. The van der Waals surface area contributed by atoms with E-state index in [1.807, 2.05) is 0 Å². The van der Waals surface area contributed by atoms with Crippen LogP contribution < -0.4 is 10.1 Å². The summed E-state index contributed by atoms with van der Waals surface area (Å²) in [7, 11) is -2.43. The zero-order valence-corrected chi connectivity index (χ0v) is 20.1. The van der Waals surface area contributed by atoms with E-state index in [-0.39, 0.29) is 23.8 Å². The molecule has 2 aliphatic rings. The lowest BCUT2D eigenvalue weighted by Gasteiger charge is -2.44. The maximum absolute atomic E-state index is 14.9. The number of rotatable bonds is 7. The zero-order valence-electron chi connectivity index (χ0n) is 19.3. The molecular formula is C20H24F6N6O3S. The van der Waals surface area contributed by atoms with Crippen molar-refractivity contribution in [2.45, 2.75) is 55.4 Å². The van der Waals surface area contributed by atoms with Gasteiger partial charge < -0.3 is 10.1 Å². The minimum absolute atomic E-state index is 0.0195. The minimum Gasteiger partial charge on any atom is -0.477 e. The highest BCUT2D eigenvalue weighted by Crippen LogP contribution is 2.52. The van der Waals surface area contributed by atoms with Gasteiger partial charge >= 0.3 is 6.18 Å². The fourth-order valence-electron chi connectivity index (χ4n) is 4.39. The molecule has 0 spiro atoms. The SMILES string of the molecule is Cn1cc(S(=O)(=O)N2CC[C@@H](Nc3ncc(C(F)(F)F)c(OCC4(C)CC(F)(F)C4)n3)[C@@H](F)C2)cn1. The van der Waals surface area contributed by atoms with Crippen molar-refractivity contribution in [1.29, 1.82) is 0 Å². The molecule has 0 amide bonds. The molecular weight excluding hydrogens is 518 g/mol. The van der Waals surface area contributed by atoms with E-state index in [1.54, 1.807) is 0 Å². The van der Waals surface area contributed by atoms with Crippen molar-refractivity contribution in [2.24, 2.45) is 12.5 Å². The Labute approximate surface area is 202 Å². The summed E-state index contributed by atoms with van der Waals surface area (Å²) in [4.78, 5) is 7.24. The molecule has 0 unspecified atom stereocenters. The molecule has 3 heterocycles. The predicted octanol–water partition coefficient (Wildman–Crippen LogP) is 3.26. The molecule has 1 saturated carbocycles. The second-order valence-corrected chi connectivity index (χ2v) is 11.4. The Hall–Kier alpha value is -2.62. The molecule has 1 saturated heterocycles. The normalized spacial score (nSPS) is 24.2. The monoisotopic (exact) mass is 542 g/mol. The summed E-state index contributed by atoms with van der Waals surface area (Å²) >= 11 is 0. The van der Waals surface area contributed by atoms with E-state index >= 15 is 0 Å². The van der Waals surface area contributed by atoms with Gasteiger partial charge in [-0.3, -0.25) is 4.68 Å². The summed E-state index contributed by atoms with van der Waals surface area (Å²) in [5.74, 6) is -4.11. The standard InChI is InChI=1S/C20H24F6N6O3S/c1-18(9-19(22,23)10-18)11-35-16-13(20(24,25)26)6-27-17(30-16)29-15-3-4-32(8-14(15)21)36(33,34)12-5-28-31(2)7-12/h5-7,14-15H,3-4,8-11H2,1-2H3,(H,27,29,30)/t14-,15+/m0/s1. The van der Waals surface area contributed by atoms with Crippen molar-refractivity contribution in [3.05, 3.63) is 24.2 Å². The van der Waals surface area contributed by atoms with E-state index in [2.05, 4.69) is 20.4 Å². The third-order valence-corrected chi connectivity index (χ3v) is 7.94. The van der Waals surface area contributed by atoms with Crippen LogP contribution in [0.3, 0.4) is 0 Å². The van der Waals surface area contributed by atoms with E-state index in [4.69, 9.17) is 4.74 Å². The molecule has 0 aromatic carbocycles. The molecule has 200 valence electrons. The first-order valence-electron chi connectivity index (χ1n) is 10.9. The van der Waals surface area contributed by atoms with Crippen LogP contribution in [0, 0.1) is 5.41 Å². The summed E-state index contributed by atoms with van der Waals surface area (Å²) < 4.78 is 114. The number of ether oxygens (including phenoxy) is 1. The fourth-order valence-corrected chi connectivity index (χ4v) is 5.84. The highest BCUT2D eigenvalue weighted by Gasteiger charge is 2.54. The summed E-state index contributed by atoms with van der Waals surface area (Å²) in [5, 5.41) is 6.41. The number of nitrogens with zero attached hydrogens (tertiary/aromatic N) is 5. The molecule has 9 nitrogen and oxygen atoms in total. The topological polar surface area (TPSA) is 102 Å². The maximum Gasteiger partial charge on any atom is 0.423 e. The lowest BCUT2D eigenvalue weighted by atomic mass is 9.68. The summed E-state index contributed by atoms with van der Waals surface area (Å²) in [6, 6.07) is -0.988. The van der Waals surface area contributed by atoms with Crippen molar-refractivity contribution < 1.29 is 39.5 Å². The van der Waals surface area contributed by atoms with Gasteiger partial charge in [0.2, 0.25) is 27.8 Å². The van der Waals surface area contributed by atoms with Gasteiger partial charge in [-0.25, -0.2) is 26.6 Å². The minimum atomic E-state index is -4.87. The molecule has 1 N–H and O–H groups in total. The first kappa shape index (κ1) is 26.4. The number of hydrogen-bond acceptors (Lipinski definition) is 7. The summed E-state index contributed by atoms with van der Waals surface area (Å²) in [6.45, 7) is 0.495. The highest BCUT2D eigenvalue weighted by molar-refractivity contribution is 7.89. The molecule has 16 heteroatoms. The lowest BCUT2D eigenvalue weighted by molar-refractivity contribution is -0.167. The molecule has 0 radical (unpaired) electrons. The largest absolute Gasteiger partial charge is 0.477 e. The van der Waals surface area contributed by atoms with Crippen molar-refractivity contribution >= 4 is 16.0 Å². The number of sulfonamides is 1. The van der Waals surface area contributed by atoms with E-state index < -0.39 is 77.2 Å². The van der Waals surface area contributed by atoms with Crippen molar-refractivity contribution in [1.82, 2.24) is 24.1 Å². The molecule has 1 aliphatic heterocycles. The highest BCUT2D eigenvalue weighted by atomic mass is 32.2. The molecule has 0 bridgehead atoms. The van der Waals surface area contributed by atoms with Gasteiger partial charge in [0.1, 0.15) is 16.6 Å². The second-order valence-electron chi connectivity index (χ2n) is 9.49. The van der Waals surface area contributed by atoms with Gasteiger partial charge in [-0.05, 0) is 6.42 Å². The molecule has 2 atom stereocenters. The van der Waals surface area contributed by atoms with Crippen LogP contribution >= 0.6 is 0 Å². The second kappa shape index (κ2) is 9.04. The van der Waals surface area contributed by atoms with Crippen LogP contribution in [0.1, 0.15) is 31.7 Å². The number of anilines is 1. The number of piperidine rings is 1. The number of aryl methyl sites for hydroxylation is 1. The molecule has 2 fully saturated rings. The van der Waals surface area contributed by atoms with Crippen LogP contribution in [0.15, 0.2) is 23.5 Å². The summed E-state index contributed by atoms with van der Waals surface area (Å²) in [6.07, 6.45) is -4.76. The fraction of sp³-hybridized carbons (Fsp3) is 0.650. The van der Waals surface area contributed by atoms with Gasteiger partial charge in [0.25, 0.3) is 0 Å². The molecule has 4 rings (SSSR count). The average Bonchev–Trinajstić information content (AvgIpc) is 3.19. The van der Waals surface area contributed by atoms with E-state index in [0.29, 0.717) is 6.20 Å². The Morgan fingerprint density at radius 3 is 2.50 bits per heavy atom.